The maximum atomic E-state index is 10.9. The molecule has 1 aliphatic heterocycles. The minimum atomic E-state index is -3.93. The van der Waals surface area contributed by atoms with Crippen LogP contribution in [0.15, 0.2) is 47.5 Å². The second kappa shape index (κ2) is 11.9. The molecule has 2 aromatic rings. The molecule has 0 saturated carbocycles. The zero-order chi connectivity index (χ0) is 26.2. The van der Waals surface area contributed by atoms with Gasteiger partial charge in [0.25, 0.3) is 10.1 Å². The van der Waals surface area contributed by atoms with Crippen LogP contribution in [0.2, 0.25) is 0 Å². The van der Waals surface area contributed by atoms with Crippen LogP contribution in [0.3, 0.4) is 0 Å². The Morgan fingerprint density at radius 1 is 1.00 bits per heavy atom. The number of benzene rings is 2. The van der Waals surface area contributed by atoms with E-state index in [1.807, 2.05) is 26.0 Å². The molecule has 1 heterocycles. The molecular weight excluding hydrogens is 474 g/mol. The van der Waals surface area contributed by atoms with Crippen molar-refractivity contribution < 1.29 is 32.8 Å². The Morgan fingerprint density at radius 2 is 1.57 bits per heavy atom. The number of rotatable bonds is 10. The number of hydrazine groups is 1. The van der Waals surface area contributed by atoms with Crippen molar-refractivity contribution in [3.8, 4) is 0 Å². The highest BCUT2D eigenvalue weighted by molar-refractivity contribution is 7.85. The van der Waals surface area contributed by atoms with Crippen LogP contribution in [0.4, 0.5) is 11.4 Å². The standard InChI is InChI=1S/C16H21NO5S.C8H10N2O2/c1-11-16(2,7-3-4-8-23(20,21)22)13-9-12(10-15(18)19)5-6-14(13)17-11;9-10-7-3-1-6(2-4-7)5-8(11)12/h5-6,9H,3-4,7-8,10H2,1-2H3,(H,18,19)(H,20,21,22);1-4,10H,5,9H2,(H,11,12). The molecule has 1 atom stereocenters. The second-order valence-electron chi connectivity index (χ2n) is 8.61. The number of carboxylic acid groups (broad SMARTS) is 2. The highest BCUT2D eigenvalue weighted by Gasteiger charge is 2.36. The number of anilines is 1. The Morgan fingerprint density at radius 3 is 2.11 bits per heavy atom. The number of carbonyl (C=O) groups is 2. The van der Waals surface area contributed by atoms with E-state index in [2.05, 4.69) is 10.4 Å². The van der Waals surface area contributed by atoms with Gasteiger partial charge in [0.1, 0.15) is 0 Å². The number of carboxylic acids is 2. The van der Waals surface area contributed by atoms with Gasteiger partial charge in [-0.3, -0.25) is 25.0 Å². The number of hydrogen-bond acceptors (Lipinski definition) is 7. The molecule has 0 amide bonds. The monoisotopic (exact) mass is 505 g/mol. The number of unbranched alkanes of at least 4 members (excludes halogenated alkanes) is 1. The summed E-state index contributed by atoms with van der Waals surface area (Å²) in [5, 5.41) is 17.4. The lowest BCUT2D eigenvalue weighted by molar-refractivity contribution is -0.137. The van der Waals surface area contributed by atoms with E-state index in [9.17, 15) is 18.0 Å². The van der Waals surface area contributed by atoms with Crippen molar-refractivity contribution in [2.75, 3.05) is 11.2 Å². The molecule has 1 unspecified atom stereocenters. The van der Waals surface area contributed by atoms with Crippen LogP contribution in [0.1, 0.15) is 49.8 Å². The largest absolute Gasteiger partial charge is 0.481 e. The maximum Gasteiger partial charge on any atom is 0.307 e. The first kappa shape index (κ1) is 28.0. The van der Waals surface area contributed by atoms with E-state index < -0.39 is 22.1 Å². The van der Waals surface area contributed by atoms with Crippen molar-refractivity contribution >= 4 is 39.1 Å². The van der Waals surface area contributed by atoms with Crippen molar-refractivity contribution in [2.45, 2.75) is 51.4 Å². The molecule has 2 aromatic carbocycles. The summed E-state index contributed by atoms with van der Waals surface area (Å²) in [5.74, 6) is 3.18. The minimum absolute atomic E-state index is 0.0365. The Kier molecular flexibility index (Phi) is 9.52. The highest BCUT2D eigenvalue weighted by Crippen LogP contribution is 2.43. The first-order valence-corrected chi connectivity index (χ1v) is 12.6. The molecule has 35 heavy (non-hydrogen) atoms. The van der Waals surface area contributed by atoms with Crippen molar-refractivity contribution in [3.05, 3.63) is 59.2 Å². The summed E-state index contributed by atoms with van der Waals surface area (Å²) in [4.78, 5) is 25.7. The third-order valence-corrected chi connectivity index (χ3v) is 6.71. The van der Waals surface area contributed by atoms with E-state index in [0.717, 1.165) is 33.8 Å². The molecule has 0 aliphatic carbocycles. The fourth-order valence-corrected chi connectivity index (χ4v) is 4.45. The normalized spacial score (nSPS) is 16.5. The van der Waals surface area contributed by atoms with Crippen LogP contribution < -0.4 is 11.3 Å². The van der Waals surface area contributed by atoms with Crippen molar-refractivity contribution in [1.82, 2.24) is 0 Å². The summed E-state index contributed by atoms with van der Waals surface area (Å²) >= 11 is 0. The third-order valence-electron chi connectivity index (χ3n) is 5.90. The quantitative estimate of drug-likeness (QED) is 0.140. The number of hydrogen-bond donors (Lipinski definition) is 5. The third kappa shape index (κ3) is 8.46. The predicted molar refractivity (Wildman–Crippen MR) is 134 cm³/mol. The summed E-state index contributed by atoms with van der Waals surface area (Å²) in [7, 11) is -3.93. The first-order chi connectivity index (χ1) is 16.3. The number of aliphatic carboxylic acids is 2. The van der Waals surface area contributed by atoms with Gasteiger partial charge in [-0.25, -0.2) is 0 Å². The molecule has 190 valence electrons. The smallest absolute Gasteiger partial charge is 0.307 e. The fraction of sp³-hybridized carbons (Fsp3) is 0.375. The van der Waals surface area contributed by atoms with Crippen LogP contribution in [-0.4, -0.2) is 46.6 Å². The minimum Gasteiger partial charge on any atom is -0.481 e. The van der Waals surface area contributed by atoms with Crippen LogP contribution in [0.5, 0.6) is 0 Å². The van der Waals surface area contributed by atoms with Crippen LogP contribution in [0, 0.1) is 0 Å². The number of nitrogens with one attached hydrogen (secondary N) is 1. The van der Waals surface area contributed by atoms with Gasteiger partial charge < -0.3 is 15.6 Å². The average molecular weight is 506 g/mol. The van der Waals surface area contributed by atoms with Crippen LogP contribution in [0.25, 0.3) is 0 Å². The van der Waals surface area contributed by atoms with E-state index in [0.29, 0.717) is 19.3 Å². The average Bonchev–Trinajstić information content (AvgIpc) is 3.01. The lowest BCUT2D eigenvalue weighted by Crippen LogP contribution is -2.27. The fourth-order valence-electron chi connectivity index (χ4n) is 3.88. The molecule has 10 nitrogen and oxygen atoms in total. The SMILES string of the molecule is CC1=Nc2ccc(CC(=O)O)cc2C1(C)CCCCS(=O)(=O)O.NNc1ccc(CC(=O)O)cc1. The molecule has 11 heteroatoms. The van der Waals surface area contributed by atoms with Crippen LogP contribution >= 0.6 is 0 Å². The van der Waals surface area contributed by atoms with E-state index in [4.69, 9.17) is 20.6 Å². The number of nitrogen functional groups attached to an aromatic ring is 1. The zero-order valence-electron chi connectivity index (χ0n) is 19.7. The van der Waals surface area contributed by atoms with Gasteiger partial charge in [-0.15, -0.1) is 0 Å². The van der Waals surface area contributed by atoms with Gasteiger partial charge in [-0.2, -0.15) is 8.42 Å². The van der Waals surface area contributed by atoms with Gasteiger partial charge in [0, 0.05) is 16.8 Å². The van der Waals surface area contributed by atoms with Gasteiger partial charge in [0.05, 0.1) is 24.3 Å². The Hall–Kier alpha value is -3.28. The lowest BCUT2D eigenvalue weighted by atomic mass is 9.75. The molecule has 3 rings (SSSR count). The molecule has 0 bridgehead atoms. The van der Waals surface area contributed by atoms with Crippen molar-refractivity contribution in [2.24, 2.45) is 10.8 Å². The van der Waals surface area contributed by atoms with Crippen molar-refractivity contribution in [3.63, 3.8) is 0 Å². The van der Waals surface area contributed by atoms with Gasteiger partial charge in [-0.1, -0.05) is 37.6 Å². The van der Waals surface area contributed by atoms with Gasteiger partial charge in [0.2, 0.25) is 0 Å². The van der Waals surface area contributed by atoms with E-state index in [1.165, 1.54) is 0 Å². The first-order valence-electron chi connectivity index (χ1n) is 11.0. The summed E-state index contributed by atoms with van der Waals surface area (Å²) in [6, 6.07) is 12.4. The second-order valence-corrected chi connectivity index (χ2v) is 10.2. The van der Waals surface area contributed by atoms with Gasteiger partial charge in [-0.05, 0) is 54.7 Å². The lowest BCUT2D eigenvalue weighted by Gasteiger charge is -2.26. The molecule has 0 saturated heterocycles. The summed E-state index contributed by atoms with van der Waals surface area (Å²) in [5.41, 5.74) is 7.16. The van der Waals surface area contributed by atoms with Gasteiger partial charge in [0.15, 0.2) is 0 Å². The highest BCUT2D eigenvalue weighted by atomic mass is 32.2. The molecule has 6 N–H and O–H groups in total. The van der Waals surface area contributed by atoms with Gasteiger partial charge >= 0.3 is 11.9 Å². The molecule has 0 fully saturated rings. The maximum absolute atomic E-state index is 10.9. The van der Waals surface area contributed by atoms with E-state index in [1.54, 1.807) is 30.3 Å². The summed E-state index contributed by atoms with van der Waals surface area (Å²) in [6.45, 7) is 3.97. The Labute approximate surface area is 204 Å². The van der Waals surface area contributed by atoms with E-state index in [-0.39, 0.29) is 24.0 Å². The van der Waals surface area contributed by atoms with Crippen molar-refractivity contribution in [1.29, 1.82) is 0 Å². The summed E-state index contributed by atoms with van der Waals surface area (Å²) in [6.07, 6.45) is 1.72. The number of fused-ring (bicyclic) bond motifs is 1. The molecular formula is C24H31N3O7S. The number of nitrogens with zero attached hydrogens (tertiary/aromatic N) is 1. The molecule has 0 aromatic heterocycles. The predicted octanol–water partition coefficient (Wildman–Crippen LogP) is 3.33. The van der Waals surface area contributed by atoms with Crippen LogP contribution in [-0.2, 0) is 38.0 Å². The molecule has 1 aliphatic rings. The molecule has 0 spiro atoms. The molecule has 0 radical (unpaired) electrons. The zero-order valence-corrected chi connectivity index (χ0v) is 20.5. The summed E-state index contributed by atoms with van der Waals surface area (Å²) < 4.78 is 30.4. The topological polar surface area (TPSA) is 179 Å². The Bertz CT molecular complexity index is 1190. The number of nitrogens with two attached hydrogens (primary N) is 1. The number of aliphatic imine (C=N–C) groups is 1. The van der Waals surface area contributed by atoms with E-state index >= 15 is 0 Å². The Balaban J connectivity index is 0.000000303.